The van der Waals surface area contributed by atoms with Crippen molar-refractivity contribution in [3.63, 3.8) is 0 Å². The molecule has 166 valence electrons. The van der Waals surface area contributed by atoms with Crippen molar-refractivity contribution in [3.05, 3.63) is 76.2 Å². The minimum atomic E-state index is -0.198. The topological polar surface area (TPSA) is 81.8 Å². The van der Waals surface area contributed by atoms with Crippen LogP contribution in [0.4, 0.5) is 5.95 Å². The largest absolute Gasteiger partial charge is 0.310 e. The zero-order valence-electron chi connectivity index (χ0n) is 18.4. The van der Waals surface area contributed by atoms with Gasteiger partial charge in [0.15, 0.2) is 0 Å². The fourth-order valence-electron chi connectivity index (χ4n) is 3.97. The molecule has 0 spiro atoms. The molecule has 1 N–H and O–H groups in total. The van der Waals surface area contributed by atoms with Crippen LogP contribution in [0.3, 0.4) is 0 Å². The molecule has 7 nitrogen and oxygen atoms in total. The molecule has 0 saturated heterocycles. The maximum Gasteiger partial charge on any atom is 0.262 e. The maximum absolute atomic E-state index is 13.2. The van der Waals surface area contributed by atoms with Gasteiger partial charge < -0.3 is 4.57 Å². The fourth-order valence-corrected chi connectivity index (χ4v) is 4.88. The third kappa shape index (κ3) is 3.93. The number of benzene rings is 2. The number of imidazole rings is 1. The number of carbonyl (C=O) groups excluding carboxylic acids is 1. The Morgan fingerprint density at radius 3 is 2.70 bits per heavy atom. The van der Waals surface area contributed by atoms with E-state index in [4.69, 9.17) is 0 Å². The Bertz CT molecular complexity index is 1530. The van der Waals surface area contributed by atoms with Crippen LogP contribution in [-0.4, -0.2) is 25.0 Å². The number of hydrogen-bond acceptors (Lipinski definition) is 5. The van der Waals surface area contributed by atoms with E-state index in [1.807, 2.05) is 72.3 Å². The molecular weight excluding hydrogens is 434 g/mol. The summed E-state index contributed by atoms with van der Waals surface area (Å²) in [5.41, 5.74) is 4.70. The van der Waals surface area contributed by atoms with Crippen LogP contribution in [0.25, 0.3) is 32.4 Å². The minimum Gasteiger partial charge on any atom is -0.310 e. The molecule has 0 aliphatic heterocycles. The highest BCUT2D eigenvalue weighted by Crippen LogP contribution is 2.30. The smallest absolute Gasteiger partial charge is 0.262 e. The third-order valence-corrected chi connectivity index (χ3v) is 6.61. The highest BCUT2D eigenvalue weighted by atomic mass is 32.1. The quantitative estimate of drug-likeness (QED) is 0.396. The first-order chi connectivity index (χ1) is 16.0. The predicted octanol–water partition coefficient (Wildman–Crippen LogP) is 4.83. The Morgan fingerprint density at radius 1 is 1.12 bits per heavy atom. The molecule has 1 amide bonds. The number of hydrogen-bond donors (Lipinski definition) is 1. The number of carbonyl (C=O) groups is 1. The van der Waals surface area contributed by atoms with E-state index in [2.05, 4.69) is 15.3 Å². The van der Waals surface area contributed by atoms with E-state index in [9.17, 15) is 9.59 Å². The number of rotatable bonds is 6. The first-order valence-corrected chi connectivity index (χ1v) is 11.7. The highest BCUT2D eigenvalue weighted by Gasteiger charge is 2.15. The van der Waals surface area contributed by atoms with Gasteiger partial charge in [-0.25, -0.2) is 9.97 Å². The van der Waals surface area contributed by atoms with Crippen LogP contribution < -0.4 is 10.9 Å². The summed E-state index contributed by atoms with van der Waals surface area (Å²) in [6.45, 7) is 4.97. The second-order valence-corrected chi connectivity index (χ2v) is 8.76. The van der Waals surface area contributed by atoms with Gasteiger partial charge in [0.2, 0.25) is 11.9 Å². The lowest BCUT2D eigenvalue weighted by atomic mass is 10.1. The summed E-state index contributed by atoms with van der Waals surface area (Å²) >= 11 is 1.45. The van der Waals surface area contributed by atoms with E-state index >= 15 is 0 Å². The van der Waals surface area contributed by atoms with E-state index in [-0.39, 0.29) is 24.4 Å². The average Bonchev–Trinajstić information content (AvgIpc) is 3.40. The van der Waals surface area contributed by atoms with E-state index < -0.39 is 0 Å². The van der Waals surface area contributed by atoms with Crippen molar-refractivity contribution in [3.8, 4) is 11.1 Å². The lowest BCUT2D eigenvalue weighted by molar-refractivity contribution is -0.116. The van der Waals surface area contributed by atoms with Crippen LogP contribution in [0, 0.1) is 6.92 Å². The predicted molar refractivity (Wildman–Crippen MR) is 133 cm³/mol. The van der Waals surface area contributed by atoms with Gasteiger partial charge in [0.1, 0.15) is 4.83 Å². The van der Waals surface area contributed by atoms with Gasteiger partial charge in [0, 0.05) is 30.5 Å². The number of thiophene rings is 1. The lowest BCUT2D eigenvalue weighted by Crippen LogP contribution is -2.24. The Labute approximate surface area is 194 Å². The monoisotopic (exact) mass is 457 g/mol. The van der Waals surface area contributed by atoms with Gasteiger partial charge in [-0.3, -0.25) is 19.5 Å². The summed E-state index contributed by atoms with van der Waals surface area (Å²) in [6.07, 6.45) is 1.67. The number of nitrogens with zero attached hydrogens (tertiary/aromatic N) is 4. The molecule has 0 fully saturated rings. The van der Waals surface area contributed by atoms with Crippen molar-refractivity contribution >= 4 is 44.4 Å². The Morgan fingerprint density at radius 2 is 1.91 bits per heavy atom. The van der Waals surface area contributed by atoms with Crippen molar-refractivity contribution in [1.29, 1.82) is 0 Å². The molecule has 5 rings (SSSR count). The number of aromatic nitrogens is 4. The molecule has 0 aliphatic carbocycles. The lowest BCUT2D eigenvalue weighted by Gasteiger charge is -2.09. The molecule has 3 heterocycles. The van der Waals surface area contributed by atoms with E-state index in [1.165, 1.54) is 22.2 Å². The maximum atomic E-state index is 13.2. The number of nitrogens with one attached hydrogen (secondary N) is 1. The van der Waals surface area contributed by atoms with Gasteiger partial charge in [0.25, 0.3) is 5.56 Å². The van der Waals surface area contributed by atoms with Crippen LogP contribution in [-0.2, 0) is 17.9 Å². The van der Waals surface area contributed by atoms with Crippen molar-refractivity contribution in [2.24, 2.45) is 0 Å². The zero-order chi connectivity index (χ0) is 22.9. The zero-order valence-corrected chi connectivity index (χ0v) is 19.2. The number of fused-ring (bicyclic) bond motifs is 2. The second-order valence-electron chi connectivity index (χ2n) is 7.91. The van der Waals surface area contributed by atoms with Crippen LogP contribution in [0.2, 0.25) is 0 Å². The molecule has 2 aromatic carbocycles. The van der Waals surface area contributed by atoms with E-state index in [0.717, 1.165) is 27.7 Å². The second kappa shape index (κ2) is 8.63. The van der Waals surface area contributed by atoms with Crippen molar-refractivity contribution in [2.45, 2.75) is 33.4 Å². The van der Waals surface area contributed by atoms with Gasteiger partial charge in [-0.1, -0.05) is 42.0 Å². The average molecular weight is 458 g/mol. The van der Waals surface area contributed by atoms with Gasteiger partial charge in [-0.15, -0.1) is 11.3 Å². The minimum absolute atomic E-state index is 0.134. The molecule has 0 radical (unpaired) electrons. The molecule has 5 aromatic rings. The normalized spacial score (nSPS) is 11.3. The molecule has 0 unspecified atom stereocenters. The highest BCUT2D eigenvalue weighted by molar-refractivity contribution is 7.17. The molecule has 0 atom stereocenters. The van der Waals surface area contributed by atoms with Crippen molar-refractivity contribution in [1.82, 2.24) is 19.1 Å². The van der Waals surface area contributed by atoms with Gasteiger partial charge in [0.05, 0.1) is 22.7 Å². The number of amides is 1. The third-order valence-electron chi connectivity index (χ3n) is 5.73. The van der Waals surface area contributed by atoms with E-state index in [0.29, 0.717) is 22.7 Å². The summed E-state index contributed by atoms with van der Waals surface area (Å²) < 4.78 is 3.47. The molecule has 3 aromatic heterocycles. The first kappa shape index (κ1) is 21.1. The number of anilines is 1. The summed E-state index contributed by atoms with van der Waals surface area (Å²) in [4.78, 5) is 35.6. The van der Waals surface area contributed by atoms with Crippen LogP contribution in [0.5, 0.6) is 0 Å². The Balaban J connectivity index is 1.37. The molecule has 0 bridgehead atoms. The summed E-state index contributed by atoms with van der Waals surface area (Å²) in [7, 11) is 0. The SMILES string of the molecule is CCn1c(NC(=O)CCn2cnc3scc(-c4ccc(C)cc4)c3c2=O)nc2ccccc21. The van der Waals surface area contributed by atoms with Gasteiger partial charge in [-0.2, -0.15) is 0 Å². The summed E-state index contributed by atoms with van der Waals surface area (Å²) in [5.74, 6) is 0.320. The van der Waals surface area contributed by atoms with Crippen LogP contribution >= 0.6 is 11.3 Å². The molecule has 0 saturated carbocycles. The van der Waals surface area contributed by atoms with Gasteiger partial charge in [-0.05, 0) is 31.5 Å². The molecule has 0 aliphatic rings. The number of para-hydroxylation sites is 2. The Kier molecular flexibility index (Phi) is 5.51. The van der Waals surface area contributed by atoms with Crippen molar-refractivity contribution in [2.75, 3.05) is 5.32 Å². The van der Waals surface area contributed by atoms with Crippen LogP contribution in [0.15, 0.2) is 65.0 Å². The molecule has 8 heteroatoms. The van der Waals surface area contributed by atoms with Gasteiger partial charge >= 0.3 is 0 Å². The molecular formula is C25H23N5O2S. The number of aryl methyl sites for hydroxylation is 3. The molecule has 33 heavy (non-hydrogen) atoms. The standard InChI is InChI=1S/C25H23N5O2S/c1-3-30-20-7-5-4-6-19(20)27-25(30)28-21(31)12-13-29-15-26-23-22(24(29)32)18(14-33-23)17-10-8-16(2)9-11-17/h4-11,14-15H,3,12-13H2,1-2H3,(H,27,28,31). The van der Waals surface area contributed by atoms with Crippen molar-refractivity contribution < 1.29 is 4.79 Å². The fraction of sp³-hybridized carbons (Fsp3) is 0.200. The summed E-state index contributed by atoms with van der Waals surface area (Å²) in [5, 5.41) is 5.46. The first-order valence-electron chi connectivity index (χ1n) is 10.8. The Hall–Kier alpha value is -3.78. The van der Waals surface area contributed by atoms with Crippen LogP contribution in [0.1, 0.15) is 18.9 Å². The summed E-state index contributed by atoms with van der Waals surface area (Å²) in [6, 6.07) is 15.9. The van der Waals surface area contributed by atoms with E-state index in [1.54, 1.807) is 0 Å².